The van der Waals surface area contributed by atoms with Gasteiger partial charge in [0.2, 0.25) is 0 Å². The Hall–Kier alpha value is -1.06. The predicted octanol–water partition coefficient (Wildman–Crippen LogP) is 2.68. The summed E-state index contributed by atoms with van der Waals surface area (Å²) in [5.74, 6) is 1.55. The second-order valence-electron chi connectivity index (χ2n) is 5.29. The monoisotopic (exact) mass is 249 g/mol. The summed E-state index contributed by atoms with van der Waals surface area (Å²) < 4.78 is 11.3. The first-order valence-electron chi connectivity index (χ1n) is 6.76. The summed E-state index contributed by atoms with van der Waals surface area (Å²) in [6.07, 6.45) is 2.05. The molecule has 0 saturated heterocycles. The van der Waals surface area contributed by atoms with E-state index in [4.69, 9.17) is 15.2 Å². The molecule has 1 aromatic carbocycles. The Labute approximate surface area is 109 Å². The number of benzene rings is 1. The van der Waals surface area contributed by atoms with Gasteiger partial charge >= 0.3 is 0 Å². The Morgan fingerprint density at radius 3 is 2.94 bits per heavy atom. The fourth-order valence-corrected chi connectivity index (χ4v) is 2.32. The van der Waals surface area contributed by atoms with Crippen molar-refractivity contribution in [1.29, 1.82) is 0 Å². The molecule has 0 saturated carbocycles. The Bertz CT molecular complexity index is 390. The molecule has 100 valence electrons. The SMILES string of the molecule is CC(C)COCCOc1cccc2c1CCC2N. The molecule has 0 radical (unpaired) electrons. The minimum Gasteiger partial charge on any atom is -0.491 e. The first kappa shape index (κ1) is 13.4. The highest BCUT2D eigenvalue weighted by Crippen LogP contribution is 2.35. The number of nitrogens with two attached hydrogens (primary N) is 1. The van der Waals surface area contributed by atoms with Crippen molar-refractivity contribution in [2.24, 2.45) is 11.7 Å². The van der Waals surface area contributed by atoms with Crippen LogP contribution in [0.3, 0.4) is 0 Å². The molecule has 18 heavy (non-hydrogen) atoms. The van der Waals surface area contributed by atoms with Crippen LogP contribution in [0.25, 0.3) is 0 Å². The van der Waals surface area contributed by atoms with Crippen molar-refractivity contribution < 1.29 is 9.47 Å². The van der Waals surface area contributed by atoms with Crippen LogP contribution >= 0.6 is 0 Å². The molecule has 3 nitrogen and oxygen atoms in total. The largest absolute Gasteiger partial charge is 0.491 e. The molecule has 0 aliphatic heterocycles. The molecular formula is C15H23NO2. The number of hydrogen-bond acceptors (Lipinski definition) is 3. The van der Waals surface area contributed by atoms with E-state index in [1.807, 2.05) is 12.1 Å². The van der Waals surface area contributed by atoms with Crippen LogP contribution in [0.5, 0.6) is 5.75 Å². The van der Waals surface area contributed by atoms with E-state index in [1.165, 1.54) is 11.1 Å². The van der Waals surface area contributed by atoms with E-state index in [1.54, 1.807) is 0 Å². The molecule has 0 bridgehead atoms. The van der Waals surface area contributed by atoms with Gasteiger partial charge in [0, 0.05) is 12.6 Å². The molecule has 1 unspecified atom stereocenters. The van der Waals surface area contributed by atoms with Crippen LogP contribution in [0.1, 0.15) is 37.4 Å². The predicted molar refractivity (Wildman–Crippen MR) is 72.8 cm³/mol. The van der Waals surface area contributed by atoms with Crippen molar-refractivity contribution in [3.63, 3.8) is 0 Å². The molecule has 0 spiro atoms. The second kappa shape index (κ2) is 6.21. The van der Waals surface area contributed by atoms with E-state index >= 15 is 0 Å². The van der Waals surface area contributed by atoms with Crippen molar-refractivity contribution >= 4 is 0 Å². The molecule has 2 N–H and O–H groups in total. The zero-order valence-corrected chi connectivity index (χ0v) is 11.3. The summed E-state index contributed by atoms with van der Waals surface area (Å²) in [5.41, 5.74) is 8.58. The normalized spacial score (nSPS) is 18.1. The lowest BCUT2D eigenvalue weighted by molar-refractivity contribution is 0.0816. The van der Waals surface area contributed by atoms with Crippen LogP contribution in [0.15, 0.2) is 18.2 Å². The van der Waals surface area contributed by atoms with Gasteiger partial charge in [-0.05, 0) is 36.0 Å². The van der Waals surface area contributed by atoms with E-state index in [9.17, 15) is 0 Å². The van der Waals surface area contributed by atoms with E-state index in [0.29, 0.717) is 19.1 Å². The van der Waals surface area contributed by atoms with Gasteiger partial charge in [0.1, 0.15) is 12.4 Å². The lowest BCUT2D eigenvalue weighted by Gasteiger charge is -2.12. The zero-order chi connectivity index (χ0) is 13.0. The average molecular weight is 249 g/mol. The van der Waals surface area contributed by atoms with E-state index in [-0.39, 0.29) is 6.04 Å². The van der Waals surface area contributed by atoms with Crippen LogP contribution in [0, 0.1) is 5.92 Å². The highest BCUT2D eigenvalue weighted by molar-refractivity contribution is 5.44. The smallest absolute Gasteiger partial charge is 0.122 e. The van der Waals surface area contributed by atoms with Gasteiger partial charge in [-0.25, -0.2) is 0 Å². The van der Waals surface area contributed by atoms with Crippen LogP contribution < -0.4 is 10.5 Å². The summed E-state index contributed by atoms with van der Waals surface area (Å²) in [4.78, 5) is 0. The van der Waals surface area contributed by atoms with Gasteiger partial charge < -0.3 is 15.2 Å². The highest BCUT2D eigenvalue weighted by Gasteiger charge is 2.21. The first-order valence-corrected chi connectivity index (χ1v) is 6.76. The van der Waals surface area contributed by atoms with Crippen LogP contribution in [0.2, 0.25) is 0 Å². The summed E-state index contributed by atoms with van der Waals surface area (Å²) in [6, 6.07) is 6.34. The molecular weight excluding hydrogens is 226 g/mol. The number of fused-ring (bicyclic) bond motifs is 1. The Kier molecular flexibility index (Phi) is 4.61. The fourth-order valence-electron chi connectivity index (χ4n) is 2.32. The minimum atomic E-state index is 0.181. The van der Waals surface area contributed by atoms with Crippen molar-refractivity contribution in [3.8, 4) is 5.75 Å². The Morgan fingerprint density at radius 1 is 1.33 bits per heavy atom. The molecule has 1 aliphatic carbocycles. The maximum atomic E-state index is 6.04. The van der Waals surface area contributed by atoms with Crippen molar-refractivity contribution in [1.82, 2.24) is 0 Å². The minimum absolute atomic E-state index is 0.181. The van der Waals surface area contributed by atoms with Crippen molar-refractivity contribution in [2.75, 3.05) is 19.8 Å². The molecule has 0 fully saturated rings. The maximum Gasteiger partial charge on any atom is 0.122 e. The fraction of sp³-hybridized carbons (Fsp3) is 0.600. The number of ether oxygens (including phenoxy) is 2. The van der Waals surface area contributed by atoms with Gasteiger partial charge in [-0.3, -0.25) is 0 Å². The summed E-state index contributed by atoms with van der Waals surface area (Å²) >= 11 is 0. The third-order valence-corrected chi connectivity index (χ3v) is 3.21. The zero-order valence-electron chi connectivity index (χ0n) is 11.3. The molecule has 0 amide bonds. The standard InChI is InChI=1S/C15H23NO2/c1-11(2)10-17-8-9-18-15-5-3-4-12-13(15)6-7-14(12)16/h3-5,11,14H,6-10,16H2,1-2H3. The number of rotatable bonds is 6. The highest BCUT2D eigenvalue weighted by atomic mass is 16.5. The van der Waals surface area contributed by atoms with Crippen LogP contribution in [0.4, 0.5) is 0 Å². The summed E-state index contributed by atoms with van der Waals surface area (Å²) in [5, 5.41) is 0. The number of hydrogen-bond donors (Lipinski definition) is 1. The molecule has 3 heteroatoms. The lowest BCUT2D eigenvalue weighted by atomic mass is 10.1. The molecule has 2 rings (SSSR count). The van der Waals surface area contributed by atoms with Gasteiger partial charge in [-0.2, -0.15) is 0 Å². The third-order valence-electron chi connectivity index (χ3n) is 3.21. The van der Waals surface area contributed by atoms with Crippen molar-refractivity contribution in [3.05, 3.63) is 29.3 Å². The lowest BCUT2D eigenvalue weighted by Crippen LogP contribution is -2.11. The van der Waals surface area contributed by atoms with Gasteiger partial charge in [0.15, 0.2) is 0 Å². The molecule has 1 aromatic rings. The Morgan fingerprint density at radius 2 is 2.17 bits per heavy atom. The van der Waals surface area contributed by atoms with Gasteiger partial charge in [-0.15, -0.1) is 0 Å². The topological polar surface area (TPSA) is 44.5 Å². The maximum absolute atomic E-state index is 6.04. The molecule has 1 atom stereocenters. The first-order chi connectivity index (χ1) is 8.68. The van der Waals surface area contributed by atoms with Crippen molar-refractivity contribution in [2.45, 2.75) is 32.7 Å². The van der Waals surface area contributed by atoms with Crippen LogP contribution in [-0.4, -0.2) is 19.8 Å². The van der Waals surface area contributed by atoms with E-state index in [0.717, 1.165) is 25.2 Å². The van der Waals surface area contributed by atoms with Gasteiger partial charge in [0.05, 0.1) is 6.61 Å². The quantitative estimate of drug-likeness (QED) is 0.788. The molecule has 1 aliphatic rings. The van der Waals surface area contributed by atoms with E-state index < -0.39 is 0 Å². The molecule has 0 aromatic heterocycles. The van der Waals surface area contributed by atoms with E-state index in [2.05, 4.69) is 19.9 Å². The third kappa shape index (κ3) is 3.24. The molecule has 0 heterocycles. The van der Waals surface area contributed by atoms with Crippen LogP contribution in [-0.2, 0) is 11.2 Å². The summed E-state index contributed by atoms with van der Waals surface area (Å²) in [7, 11) is 0. The van der Waals surface area contributed by atoms with Gasteiger partial charge in [-0.1, -0.05) is 26.0 Å². The average Bonchev–Trinajstić information content (AvgIpc) is 2.71. The summed E-state index contributed by atoms with van der Waals surface area (Å²) in [6.45, 7) is 6.34. The second-order valence-corrected chi connectivity index (χ2v) is 5.29. The van der Waals surface area contributed by atoms with Gasteiger partial charge in [0.25, 0.3) is 0 Å². The Balaban J connectivity index is 1.84.